The number of allylic oxidation sites excluding steroid dienone is 2. The molecule has 0 bridgehead atoms. The van der Waals surface area contributed by atoms with Gasteiger partial charge in [-0.3, -0.25) is 4.79 Å². The summed E-state index contributed by atoms with van der Waals surface area (Å²) in [7, 11) is 0. The van der Waals surface area contributed by atoms with Crippen LogP contribution in [0.2, 0.25) is 0 Å². The van der Waals surface area contributed by atoms with E-state index >= 15 is 0 Å². The van der Waals surface area contributed by atoms with Crippen molar-refractivity contribution >= 4 is 5.97 Å². The Morgan fingerprint density at radius 1 is 1.55 bits per heavy atom. The van der Waals surface area contributed by atoms with Gasteiger partial charge >= 0.3 is 5.97 Å². The Hall–Kier alpha value is -0.790. The lowest BCUT2D eigenvalue weighted by molar-refractivity contribution is -0.138. The largest absolute Gasteiger partial charge is 0.481 e. The summed E-state index contributed by atoms with van der Waals surface area (Å²) in [6.07, 6.45) is 8.89. The number of hydrogen-bond donors (Lipinski definition) is 1. The lowest BCUT2D eigenvalue weighted by Crippen LogP contribution is -2.06. The molecule has 0 heterocycles. The van der Waals surface area contributed by atoms with Crippen molar-refractivity contribution in [3.63, 3.8) is 0 Å². The average molecular weight is 154 g/mol. The van der Waals surface area contributed by atoms with Gasteiger partial charge in [0.05, 0.1) is 0 Å². The third-order valence-corrected chi connectivity index (χ3v) is 2.08. The maximum atomic E-state index is 10.4. The van der Waals surface area contributed by atoms with Gasteiger partial charge < -0.3 is 5.11 Å². The third-order valence-electron chi connectivity index (χ3n) is 2.08. The van der Waals surface area contributed by atoms with Crippen molar-refractivity contribution in [2.75, 3.05) is 0 Å². The van der Waals surface area contributed by atoms with Gasteiger partial charge in [0.25, 0.3) is 0 Å². The van der Waals surface area contributed by atoms with Crippen molar-refractivity contribution < 1.29 is 9.90 Å². The van der Waals surface area contributed by atoms with Crippen molar-refractivity contribution in [2.45, 2.75) is 32.1 Å². The topological polar surface area (TPSA) is 37.3 Å². The average Bonchev–Trinajstić information content (AvgIpc) is 2.14. The molecule has 0 saturated heterocycles. The van der Waals surface area contributed by atoms with E-state index in [0.29, 0.717) is 12.3 Å². The van der Waals surface area contributed by atoms with Gasteiger partial charge in [-0.1, -0.05) is 12.2 Å². The molecule has 1 aliphatic rings. The minimum Gasteiger partial charge on any atom is -0.481 e. The van der Waals surface area contributed by atoms with Crippen LogP contribution in [0.3, 0.4) is 0 Å². The Kier molecular flexibility index (Phi) is 3.14. The second kappa shape index (κ2) is 4.16. The fraction of sp³-hybridized carbons (Fsp3) is 0.667. The van der Waals surface area contributed by atoms with Gasteiger partial charge in [0.1, 0.15) is 0 Å². The predicted molar refractivity (Wildman–Crippen MR) is 43.4 cm³/mol. The number of aliphatic carboxylic acids is 1. The highest BCUT2D eigenvalue weighted by molar-refractivity contribution is 5.67. The molecule has 0 fully saturated rings. The molecular weight excluding hydrogens is 140 g/mol. The smallest absolute Gasteiger partial charge is 0.303 e. The normalized spacial score (nSPS) is 24.5. The van der Waals surface area contributed by atoms with Crippen LogP contribution in [0.25, 0.3) is 0 Å². The monoisotopic (exact) mass is 154 g/mol. The van der Waals surface area contributed by atoms with Gasteiger partial charge in [0, 0.05) is 6.42 Å². The molecule has 0 aromatic heterocycles. The van der Waals surface area contributed by atoms with E-state index in [4.69, 9.17) is 5.11 Å². The van der Waals surface area contributed by atoms with E-state index in [-0.39, 0.29) is 0 Å². The van der Waals surface area contributed by atoms with Crippen LogP contribution in [0.1, 0.15) is 32.1 Å². The van der Waals surface area contributed by atoms with E-state index < -0.39 is 5.97 Å². The fourth-order valence-corrected chi connectivity index (χ4v) is 1.48. The lowest BCUT2D eigenvalue weighted by atomic mass is 9.97. The summed E-state index contributed by atoms with van der Waals surface area (Å²) in [6.45, 7) is 0. The standard InChI is InChI=1S/C9H14O2/c10-9(11)7-8-5-3-1-2-4-6-8/h1,3,8H,2,4-7H2,(H,10,11). The van der Waals surface area contributed by atoms with Crippen molar-refractivity contribution in [3.05, 3.63) is 12.2 Å². The fourth-order valence-electron chi connectivity index (χ4n) is 1.48. The van der Waals surface area contributed by atoms with E-state index in [9.17, 15) is 4.79 Å². The zero-order valence-corrected chi connectivity index (χ0v) is 6.62. The molecule has 0 aliphatic heterocycles. The summed E-state index contributed by atoms with van der Waals surface area (Å²) in [6, 6.07) is 0. The third kappa shape index (κ3) is 3.21. The quantitative estimate of drug-likeness (QED) is 0.619. The molecule has 0 aromatic carbocycles. The number of carboxylic acids is 1. The van der Waals surface area contributed by atoms with Crippen molar-refractivity contribution in [3.8, 4) is 0 Å². The van der Waals surface area contributed by atoms with Crippen molar-refractivity contribution in [2.24, 2.45) is 5.92 Å². The first-order valence-electron chi connectivity index (χ1n) is 4.16. The zero-order chi connectivity index (χ0) is 8.10. The van der Waals surface area contributed by atoms with E-state index in [2.05, 4.69) is 12.2 Å². The predicted octanol–water partition coefficient (Wildman–Crippen LogP) is 2.21. The van der Waals surface area contributed by atoms with E-state index in [1.807, 2.05) is 0 Å². The first-order valence-corrected chi connectivity index (χ1v) is 4.16. The molecule has 0 saturated carbocycles. The molecule has 0 radical (unpaired) electrons. The van der Waals surface area contributed by atoms with E-state index in [1.165, 1.54) is 0 Å². The molecule has 2 nitrogen and oxygen atoms in total. The maximum absolute atomic E-state index is 10.4. The van der Waals surface area contributed by atoms with Crippen LogP contribution < -0.4 is 0 Å². The number of carbonyl (C=O) groups is 1. The molecule has 1 rings (SSSR count). The summed E-state index contributed by atoms with van der Waals surface area (Å²) in [5, 5.41) is 8.53. The molecule has 1 unspecified atom stereocenters. The van der Waals surface area contributed by atoms with Gasteiger partial charge in [0.15, 0.2) is 0 Å². The molecular formula is C9H14O2. The summed E-state index contributed by atoms with van der Waals surface area (Å²) >= 11 is 0. The zero-order valence-electron chi connectivity index (χ0n) is 6.62. The molecule has 1 aliphatic carbocycles. The van der Waals surface area contributed by atoms with Crippen molar-refractivity contribution in [1.82, 2.24) is 0 Å². The van der Waals surface area contributed by atoms with Crippen LogP contribution in [-0.4, -0.2) is 11.1 Å². The molecule has 2 heteroatoms. The van der Waals surface area contributed by atoms with Crippen LogP contribution in [0.5, 0.6) is 0 Å². The van der Waals surface area contributed by atoms with Gasteiger partial charge in [-0.15, -0.1) is 0 Å². The number of hydrogen-bond acceptors (Lipinski definition) is 1. The molecule has 0 aromatic rings. The van der Waals surface area contributed by atoms with Crippen LogP contribution >= 0.6 is 0 Å². The Balaban J connectivity index is 2.32. The van der Waals surface area contributed by atoms with Gasteiger partial charge in [0.2, 0.25) is 0 Å². The Morgan fingerprint density at radius 3 is 3.09 bits per heavy atom. The van der Waals surface area contributed by atoms with E-state index in [1.54, 1.807) is 0 Å². The van der Waals surface area contributed by atoms with Gasteiger partial charge in [-0.05, 0) is 31.6 Å². The highest BCUT2D eigenvalue weighted by Gasteiger charge is 2.12. The first kappa shape index (κ1) is 8.31. The summed E-state index contributed by atoms with van der Waals surface area (Å²) in [4.78, 5) is 10.4. The Morgan fingerprint density at radius 2 is 2.36 bits per heavy atom. The van der Waals surface area contributed by atoms with Gasteiger partial charge in [-0.25, -0.2) is 0 Å². The molecule has 1 atom stereocenters. The number of rotatable bonds is 2. The van der Waals surface area contributed by atoms with Crippen LogP contribution in [0.4, 0.5) is 0 Å². The second-order valence-corrected chi connectivity index (χ2v) is 3.10. The van der Waals surface area contributed by atoms with Crippen LogP contribution in [0, 0.1) is 5.92 Å². The van der Waals surface area contributed by atoms with E-state index in [0.717, 1.165) is 25.7 Å². The SMILES string of the molecule is O=C(O)CC1CC=CCCC1. The molecule has 0 amide bonds. The molecule has 11 heavy (non-hydrogen) atoms. The Labute approximate surface area is 66.9 Å². The first-order chi connectivity index (χ1) is 5.29. The summed E-state index contributed by atoms with van der Waals surface area (Å²) < 4.78 is 0. The van der Waals surface area contributed by atoms with Gasteiger partial charge in [-0.2, -0.15) is 0 Å². The summed E-state index contributed by atoms with van der Waals surface area (Å²) in [5.74, 6) is -0.281. The highest BCUT2D eigenvalue weighted by Crippen LogP contribution is 2.20. The lowest BCUT2D eigenvalue weighted by Gasteiger charge is -2.08. The molecule has 0 spiro atoms. The number of carboxylic acid groups (broad SMARTS) is 1. The summed E-state index contributed by atoms with van der Waals surface area (Å²) in [5.41, 5.74) is 0. The van der Waals surface area contributed by atoms with Crippen LogP contribution in [-0.2, 0) is 4.79 Å². The molecule has 1 N–H and O–H groups in total. The second-order valence-electron chi connectivity index (χ2n) is 3.10. The maximum Gasteiger partial charge on any atom is 0.303 e. The molecule has 62 valence electrons. The van der Waals surface area contributed by atoms with Crippen LogP contribution in [0.15, 0.2) is 12.2 Å². The van der Waals surface area contributed by atoms with Crippen molar-refractivity contribution in [1.29, 1.82) is 0 Å². The highest BCUT2D eigenvalue weighted by atomic mass is 16.4. The Bertz CT molecular complexity index is 161. The minimum atomic E-state index is -0.662. The minimum absolute atomic E-state index is 0.338.